The molecule has 2 amide bonds. The van der Waals surface area contributed by atoms with Gasteiger partial charge in [-0.05, 0) is 30.0 Å². The molecule has 0 radical (unpaired) electrons. The number of carboxylic acids is 1. The highest BCUT2D eigenvalue weighted by molar-refractivity contribution is 6.21. The van der Waals surface area contributed by atoms with Gasteiger partial charge in [-0.3, -0.25) is 19.3 Å². The molecule has 1 aliphatic heterocycles. The molecule has 1 fully saturated rings. The predicted molar refractivity (Wildman–Crippen MR) is 85.7 cm³/mol. The number of rotatable bonds is 4. The highest BCUT2D eigenvalue weighted by Crippen LogP contribution is 2.55. The monoisotopic (exact) mass is 321 g/mol. The van der Waals surface area contributed by atoms with Crippen LogP contribution in [0.15, 0.2) is 54.6 Å². The Hall–Kier alpha value is -2.95. The average Bonchev–Trinajstić information content (AvgIpc) is 3.29. The van der Waals surface area contributed by atoms with E-state index in [2.05, 4.69) is 0 Å². The lowest BCUT2D eigenvalue weighted by Gasteiger charge is -2.17. The number of amides is 2. The molecule has 1 saturated carbocycles. The second-order valence-corrected chi connectivity index (χ2v) is 6.31. The van der Waals surface area contributed by atoms with Crippen LogP contribution in [0, 0.1) is 5.92 Å². The van der Waals surface area contributed by atoms with Crippen molar-refractivity contribution in [2.24, 2.45) is 5.92 Å². The summed E-state index contributed by atoms with van der Waals surface area (Å²) in [5.41, 5.74) is 0.503. The molecule has 2 aromatic carbocycles. The largest absolute Gasteiger partial charge is 0.481 e. The number of imide groups is 1. The van der Waals surface area contributed by atoms with Crippen LogP contribution >= 0.6 is 0 Å². The molecule has 2 atom stereocenters. The Morgan fingerprint density at radius 1 is 1.00 bits per heavy atom. The predicted octanol–water partition coefficient (Wildman–Crippen LogP) is 2.33. The van der Waals surface area contributed by atoms with Crippen LogP contribution in [0.25, 0.3) is 0 Å². The lowest BCUT2D eigenvalue weighted by atomic mass is 9.93. The molecular formula is C19H15NO4. The number of carbonyl (C=O) groups excluding carboxylic acids is 2. The van der Waals surface area contributed by atoms with Gasteiger partial charge in [0.25, 0.3) is 11.8 Å². The van der Waals surface area contributed by atoms with Crippen LogP contribution in [0.2, 0.25) is 0 Å². The van der Waals surface area contributed by atoms with Crippen molar-refractivity contribution in [2.45, 2.75) is 11.8 Å². The van der Waals surface area contributed by atoms with Crippen LogP contribution in [0.1, 0.15) is 32.7 Å². The molecule has 24 heavy (non-hydrogen) atoms. The molecule has 0 spiro atoms. The van der Waals surface area contributed by atoms with Crippen molar-refractivity contribution in [3.05, 3.63) is 71.3 Å². The van der Waals surface area contributed by atoms with Crippen LogP contribution in [0.4, 0.5) is 0 Å². The fourth-order valence-electron chi connectivity index (χ4n) is 3.65. The summed E-state index contributed by atoms with van der Waals surface area (Å²) in [6.45, 7) is 0.132. The Bertz CT molecular complexity index is 826. The van der Waals surface area contributed by atoms with E-state index in [1.807, 2.05) is 6.07 Å². The number of fused-ring (bicyclic) bond motifs is 1. The SMILES string of the molecule is O=C1c2ccccc2C(=O)N1C[C@@H]1C[C@]1(C(=O)O)c1ccccc1. The standard InChI is InChI=1S/C19H15NO4/c21-16-14-8-4-5-9-15(14)17(22)20(16)11-13-10-19(13,18(23)24)12-6-2-1-3-7-12/h1-9,13H,10-11H2,(H,23,24)/t13-,19-/m0/s1. The zero-order chi connectivity index (χ0) is 16.9. The number of benzene rings is 2. The van der Waals surface area contributed by atoms with E-state index in [0.29, 0.717) is 17.5 Å². The van der Waals surface area contributed by atoms with Crippen LogP contribution in [-0.2, 0) is 10.2 Å². The molecule has 2 aliphatic rings. The smallest absolute Gasteiger partial charge is 0.314 e. The summed E-state index contributed by atoms with van der Waals surface area (Å²) < 4.78 is 0. The minimum atomic E-state index is -1.00. The highest BCUT2D eigenvalue weighted by Gasteiger charge is 2.62. The maximum absolute atomic E-state index is 12.4. The second-order valence-electron chi connectivity index (χ2n) is 6.31. The number of hydrogen-bond donors (Lipinski definition) is 1. The van der Waals surface area contributed by atoms with E-state index in [-0.39, 0.29) is 24.3 Å². The lowest BCUT2D eigenvalue weighted by Crippen LogP contribution is -2.34. The van der Waals surface area contributed by atoms with E-state index in [9.17, 15) is 19.5 Å². The molecule has 5 nitrogen and oxygen atoms in total. The molecule has 5 heteroatoms. The van der Waals surface area contributed by atoms with Gasteiger partial charge in [0.05, 0.1) is 16.5 Å². The van der Waals surface area contributed by atoms with Gasteiger partial charge in [-0.2, -0.15) is 0 Å². The quantitative estimate of drug-likeness (QED) is 0.877. The number of hydrogen-bond acceptors (Lipinski definition) is 3. The zero-order valence-electron chi connectivity index (χ0n) is 12.8. The normalized spacial score (nSPS) is 24.8. The Balaban J connectivity index is 1.61. The maximum atomic E-state index is 12.4. The van der Waals surface area contributed by atoms with Crippen molar-refractivity contribution in [1.82, 2.24) is 4.90 Å². The van der Waals surface area contributed by atoms with E-state index in [4.69, 9.17) is 0 Å². The van der Waals surface area contributed by atoms with E-state index >= 15 is 0 Å². The summed E-state index contributed by atoms with van der Waals surface area (Å²) in [4.78, 5) is 37.9. The Morgan fingerprint density at radius 2 is 1.54 bits per heavy atom. The highest BCUT2D eigenvalue weighted by atomic mass is 16.4. The molecule has 2 aromatic rings. The molecule has 0 bridgehead atoms. The summed E-state index contributed by atoms with van der Waals surface area (Å²) >= 11 is 0. The van der Waals surface area contributed by atoms with Gasteiger partial charge in [-0.15, -0.1) is 0 Å². The van der Waals surface area contributed by atoms with Crippen LogP contribution in [0.5, 0.6) is 0 Å². The molecule has 120 valence electrons. The fraction of sp³-hybridized carbons (Fsp3) is 0.211. The summed E-state index contributed by atoms with van der Waals surface area (Å²) in [5.74, 6) is -1.85. The van der Waals surface area contributed by atoms with Gasteiger partial charge in [-0.1, -0.05) is 42.5 Å². The topological polar surface area (TPSA) is 74.7 Å². The zero-order valence-corrected chi connectivity index (χ0v) is 12.8. The Morgan fingerprint density at radius 3 is 2.08 bits per heavy atom. The minimum absolute atomic E-state index is 0.132. The Labute approximate surface area is 138 Å². The van der Waals surface area contributed by atoms with Crippen molar-refractivity contribution in [1.29, 1.82) is 0 Å². The molecule has 4 rings (SSSR count). The van der Waals surface area contributed by atoms with Crippen molar-refractivity contribution in [3.63, 3.8) is 0 Å². The van der Waals surface area contributed by atoms with E-state index < -0.39 is 11.4 Å². The third kappa shape index (κ3) is 1.91. The third-order valence-corrected chi connectivity index (χ3v) is 5.06. The van der Waals surface area contributed by atoms with Gasteiger partial charge in [0.15, 0.2) is 0 Å². The Kier molecular flexibility index (Phi) is 3.06. The van der Waals surface area contributed by atoms with Crippen molar-refractivity contribution >= 4 is 17.8 Å². The third-order valence-electron chi connectivity index (χ3n) is 5.06. The second kappa shape index (κ2) is 5.03. The first-order chi connectivity index (χ1) is 11.6. The average molecular weight is 321 g/mol. The van der Waals surface area contributed by atoms with Crippen LogP contribution < -0.4 is 0 Å². The molecule has 0 saturated heterocycles. The molecule has 1 aliphatic carbocycles. The minimum Gasteiger partial charge on any atom is -0.481 e. The van der Waals surface area contributed by atoms with Gasteiger partial charge in [0.2, 0.25) is 0 Å². The van der Waals surface area contributed by atoms with E-state index in [0.717, 1.165) is 5.56 Å². The number of carboxylic acid groups (broad SMARTS) is 1. The molecule has 1 heterocycles. The van der Waals surface area contributed by atoms with Gasteiger partial charge in [-0.25, -0.2) is 0 Å². The van der Waals surface area contributed by atoms with Gasteiger partial charge in [0, 0.05) is 6.54 Å². The molecular weight excluding hydrogens is 306 g/mol. The first-order valence-electron chi connectivity index (χ1n) is 7.80. The number of nitrogens with zero attached hydrogens (tertiary/aromatic N) is 1. The maximum Gasteiger partial charge on any atom is 0.314 e. The lowest BCUT2D eigenvalue weighted by molar-refractivity contribution is -0.140. The van der Waals surface area contributed by atoms with Crippen molar-refractivity contribution < 1.29 is 19.5 Å². The first kappa shape index (κ1) is 14.6. The van der Waals surface area contributed by atoms with E-state index in [1.165, 1.54) is 4.90 Å². The van der Waals surface area contributed by atoms with Crippen molar-refractivity contribution in [3.8, 4) is 0 Å². The van der Waals surface area contributed by atoms with Crippen LogP contribution in [-0.4, -0.2) is 34.3 Å². The first-order valence-corrected chi connectivity index (χ1v) is 7.80. The number of aliphatic carboxylic acids is 1. The fourth-order valence-corrected chi connectivity index (χ4v) is 3.65. The van der Waals surface area contributed by atoms with Gasteiger partial charge in [0.1, 0.15) is 0 Å². The number of carbonyl (C=O) groups is 3. The van der Waals surface area contributed by atoms with Crippen molar-refractivity contribution in [2.75, 3.05) is 6.54 Å². The molecule has 0 aromatic heterocycles. The summed E-state index contributed by atoms with van der Waals surface area (Å²) in [6.07, 6.45) is 0.430. The molecule has 0 unspecified atom stereocenters. The van der Waals surface area contributed by atoms with Crippen LogP contribution in [0.3, 0.4) is 0 Å². The summed E-state index contributed by atoms with van der Waals surface area (Å²) in [6, 6.07) is 15.7. The van der Waals surface area contributed by atoms with Gasteiger partial charge >= 0.3 is 5.97 Å². The van der Waals surface area contributed by atoms with E-state index in [1.54, 1.807) is 48.5 Å². The molecule has 1 N–H and O–H groups in total. The van der Waals surface area contributed by atoms with Gasteiger partial charge < -0.3 is 5.11 Å². The summed E-state index contributed by atoms with van der Waals surface area (Å²) in [5, 5.41) is 9.72. The summed E-state index contributed by atoms with van der Waals surface area (Å²) in [7, 11) is 0.